The van der Waals surface area contributed by atoms with Gasteiger partial charge in [0.2, 0.25) is 11.9 Å². The smallest absolute Gasteiger partial charge is 0.229 e. The highest BCUT2D eigenvalue weighted by Crippen LogP contribution is 2.24. The Hall–Kier alpha value is -3.62. The maximum Gasteiger partial charge on any atom is 0.229 e. The Balaban J connectivity index is 1.75. The van der Waals surface area contributed by atoms with Crippen LogP contribution in [0.3, 0.4) is 0 Å². The molecule has 0 aliphatic carbocycles. The number of benzene rings is 1. The number of anilines is 3. The summed E-state index contributed by atoms with van der Waals surface area (Å²) in [4.78, 5) is 22.1. The van der Waals surface area contributed by atoms with E-state index in [-0.39, 0.29) is 5.82 Å². The van der Waals surface area contributed by atoms with Gasteiger partial charge in [-0.05, 0) is 37.3 Å². The van der Waals surface area contributed by atoms with Crippen LogP contribution in [0.2, 0.25) is 0 Å². The number of halogens is 1. The number of aryl methyl sites for hydroxylation is 1. The van der Waals surface area contributed by atoms with Gasteiger partial charge in [-0.15, -0.1) is 0 Å². The maximum atomic E-state index is 13.1. The Morgan fingerprint density at radius 1 is 1.00 bits per heavy atom. The summed E-state index contributed by atoms with van der Waals surface area (Å²) in [5.41, 5.74) is 2.76. The van der Waals surface area contributed by atoms with Crippen LogP contribution in [0.5, 0.6) is 0 Å². The zero-order valence-corrected chi connectivity index (χ0v) is 14.8. The summed E-state index contributed by atoms with van der Waals surface area (Å²) >= 11 is 0. The second-order valence-electron chi connectivity index (χ2n) is 5.73. The molecule has 0 saturated carbocycles. The number of nitrogens with one attached hydrogen (secondary N) is 2. The fraction of sp³-hybridized carbons (Fsp3) is 0.167. The van der Waals surface area contributed by atoms with Crippen LogP contribution in [0, 0.1) is 5.82 Å². The SMILES string of the molecule is CCn1c(-c2ccnc(NC)n2)nc2cnc(Nc3ccc(F)cc3)nc21. The molecule has 0 saturated heterocycles. The number of hydrogen-bond donors (Lipinski definition) is 2. The van der Waals surface area contributed by atoms with Crippen LogP contribution in [0.4, 0.5) is 22.0 Å². The first-order valence-corrected chi connectivity index (χ1v) is 8.45. The standard InChI is InChI=1S/C18H17FN8/c1-3-27-15(13-8-9-21-17(20-2)25-13)24-14-10-22-18(26-16(14)27)23-12-6-4-11(19)5-7-12/h4-10H,3H2,1-2H3,(H,20,21,25)(H,22,23,26). The Kier molecular flexibility index (Phi) is 4.33. The molecule has 4 aromatic rings. The minimum Gasteiger partial charge on any atom is -0.357 e. The summed E-state index contributed by atoms with van der Waals surface area (Å²) < 4.78 is 15.0. The fourth-order valence-corrected chi connectivity index (χ4v) is 2.74. The van der Waals surface area contributed by atoms with Gasteiger partial charge in [0.05, 0.1) is 6.20 Å². The van der Waals surface area contributed by atoms with Crippen molar-refractivity contribution in [3.8, 4) is 11.5 Å². The van der Waals surface area contributed by atoms with Gasteiger partial charge in [0.1, 0.15) is 17.0 Å². The van der Waals surface area contributed by atoms with Crippen LogP contribution in [-0.4, -0.2) is 36.5 Å². The maximum absolute atomic E-state index is 13.1. The largest absolute Gasteiger partial charge is 0.357 e. The summed E-state index contributed by atoms with van der Waals surface area (Å²) in [6.45, 7) is 2.68. The second kappa shape index (κ2) is 6.94. The van der Waals surface area contributed by atoms with Gasteiger partial charge in [0.15, 0.2) is 11.5 Å². The lowest BCUT2D eigenvalue weighted by molar-refractivity contribution is 0.628. The quantitative estimate of drug-likeness (QED) is 0.561. The van der Waals surface area contributed by atoms with Gasteiger partial charge in [-0.25, -0.2) is 24.3 Å². The Morgan fingerprint density at radius 2 is 1.81 bits per heavy atom. The summed E-state index contributed by atoms with van der Waals surface area (Å²) in [5.74, 6) is 1.33. The van der Waals surface area contributed by atoms with Crippen LogP contribution in [0.15, 0.2) is 42.7 Å². The number of nitrogens with zero attached hydrogens (tertiary/aromatic N) is 6. The highest BCUT2D eigenvalue weighted by Gasteiger charge is 2.15. The number of imidazole rings is 1. The van der Waals surface area contributed by atoms with Crippen molar-refractivity contribution in [2.45, 2.75) is 13.5 Å². The van der Waals surface area contributed by atoms with Gasteiger partial charge in [-0.2, -0.15) is 4.98 Å². The molecule has 0 radical (unpaired) electrons. The van der Waals surface area contributed by atoms with Crippen molar-refractivity contribution < 1.29 is 4.39 Å². The highest BCUT2D eigenvalue weighted by molar-refractivity contribution is 5.77. The summed E-state index contributed by atoms with van der Waals surface area (Å²) in [6.07, 6.45) is 3.34. The van der Waals surface area contributed by atoms with E-state index in [1.165, 1.54) is 12.1 Å². The molecule has 4 rings (SSSR count). The molecule has 0 atom stereocenters. The Bertz CT molecular complexity index is 1090. The normalized spacial score (nSPS) is 10.9. The Labute approximate surface area is 154 Å². The number of fused-ring (bicyclic) bond motifs is 1. The van der Waals surface area contributed by atoms with E-state index in [0.717, 1.165) is 0 Å². The van der Waals surface area contributed by atoms with E-state index in [9.17, 15) is 4.39 Å². The average molecular weight is 364 g/mol. The molecule has 3 heterocycles. The lowest BCUT2D eigenvalue weighted by Crippen LogP contribution is -2.03. The van der Waals surface area contributed by atoms with Crippen LogP contribution in [0.1, 0.15) is 6.92 Å². The number of hydrogen-bond acceptors (Lipinski definition) is 7. The third-order valence-corrected chi connectivity index (χ3v) is 4.01. The van der Waals surface area contributed by atoms with E-state index in [0.29, 0.717) is 46.8 Å². The minimum absolute atomic E-state index is 0.295. The van der Waals surface area contributed by atoms with Crippen LogP contribution < -0.4 is 10.6 Å². The highest BCUT2D eigenvalue weighted by atomic mass is 19.1. The first kappa shape index (κ1) is 16.8. The molecule has 3 aromatic heterocycles. The van der Waals surface area contributed by atoms with Gasteiger partial charge in [-0.3, -0.25) is 0 Å². The molecule has 0 aliphatic heterocycles. The zero-order valence-electron chi connectivity index (χ0n) is 14.8. The molecule has 1 aromatic carbocycles. The van der Waals surface area contributed by atoms with Crippen molar-refractivity contribution in [3.05, 3.63) is 48.5 Å². The summed E-state index contributed by atoms with van der Waals surface area (Å²) in [5, 5.41) is 6.00. The van der Waals surface area contributed by atoms with Crippen molar-refractivity contribution in [1.82, 2.24) is 29.5 Å². The van der Waals surface area contributed by atoms with E-state index in [2.05, 4.69) is 35.6 Å². The van der Waals surface area contributed by atoms with E-state index in [1.54, 1.807) is 37.6 Å². The molecule has 8 nitrogen and oxygen atoms in total. The molecule has 0 fully saturated rings. The first-order valence-electron chi connectivity index (χ1n) is 8.45. The topological polar surface area (TPSA) is 93.4 Å². The molecule has 0 unspecified atom stereocenters. The monoisotopic (exact) mass is 364 g/mol. The molecule has 0 spiro atoms. The second-order valence-corrected chi connectivity index (χ2v) is 5.73. The van der Waals surface area contributed by atoms with Gasteiger partial charge < -0.3 is 15.2 Å². The molecule has 27 heavy (non-hydrogen) atoms. The van der Waals surface area contributed by atoms with E-state index in [4.69, 9.17) is 0 Å². The lowest BCUT2D eigenvalue weighted by atomic mass is 10.3. The van der Waals surface area contributed by atoms with Crippen molar-refractivity contribution in [2.75, 3.05) is 17.7 Å². The zero-order chi connectivity index (χ0) is 18.8. The minimum atomic E-state index is -0.295. The summed E-state index contributed by atoms with van der Waals surface area (Å²) in [6, 6.07) is 7.82. The molecule has 136 valence electrons. The van der Waals surface area contributed by atoms with Crippen molar-refractivity contribution in [1.29, 1.82) is 0 Å². The molecule has 2 N–H and O–H groups in total. The average Bonchev–Trinajstić information content (AvgIpc) is 3.07. The molecular formula is C18H17FN8. The summed E-state index contributed by atoms with van der Waals surface area (Å²) in [7, 11) is 1.76. The molecule has 0 aliphatic rings. The van der Waals surface area contributed by atoms with Crippen LogP contribution in [-0.2, 0) is 6.54 Å². The van der Waals surface area contributed by atoms with Crippen molar-refractivity contribution in [3.63, 3.8) is 0 Å². The number of rotatable bonds is 5. The molecule has 0 amide bonds. The van der Waals surface area contributed by atoms with Gasteiger partial charge in [0, 0.05) is 25.5 Å². The van der Waals surface area contributed by atoms with Gasteiger partial charge in [-0.1, -0.05) is 0 Å². The van der Waals surface area contributed by atoms with E-state index < -0.39 is 0 Å². The van der Waals surface area contributed by atoms with E-state index in [1.807, 2.05) is 11.5 Å². The first-order chi connectivity index (χ1) is 13.2. The predicted octanol–water partition coefficient (Wildman–Crippen LogP) is 3.23. The van der Waals surface area contributed by atoms with Gasteiger partial charge in [0.25, 0.3) is 0 Å². The predicted molar refractivity (Wildman–Crippen MR) is 101 cm³/mol. The van der Waals surface area contributed by atoms with Crippen molar-refractivity contribution >= 4 is 28.7 Å². The molecular weight excluding hydrogens is 347 g/mol. The van der Waals surface area contributed by atoms with E-state index >= 15 is 0 Å². The third-order valence-electron chi connectivity index (χ3n) is 4.01. The fourth-order valence-electron chi connectivity index (χ4n) is 2.74. The van der Waals surface area contributed by atoms with Gasteiger partial charge >= 0.3 is 0 Å². The Morgan fingerprint density at radius 3 is 2.56 bits per heavy atom. The molecule has 0 bridgehead atoms. The van der Waals surface area contributed by atoms with Crippen LogP contribution >= 0.6 is 0 Å². The third kappa shape index (κ3) is 3.26. The lowest BCUT2D eigenvalue weighted by Gasteiger charge is -2.07. The number of aromatic nitrogens is 6. The van der Waals surface area contributed by atoms with Crippen molar-refractivity contribution in [2.24, 2.45) is 0 Å². The molecule has 9 heteroatoms. The van der Waals surface area contributed by atoms with Crippen LogP contribution in [0.25, 0.3) is 22.7 Å².